The Bertz CT molecular complexity index is 620. The van der Waals surface area contributed by atoms with Gasteiger partial charge in [-0.1, -0.05) is 48.6 Å². The van der Waals surface area contributed by atoms with Gasteiger partial charge in [0.15, 0.2) is 11.5 Å². The lowest BCUT2D eigenvalue weighted by Gasteiger charge is -2.10. The number of rotatable bonds is 8. The molecule has 122 valence electrons. The summed E-state index contributed by atoms with van der Waals surface area (Å²) < 4.78 is 5.09. The Labute approximate surface area is 137 Å². The van der Waals surface area contributed by atoms with Crippen LogP contribution in [0.3, 0.4) is 0 Å². The van der Waals surface area contributed by atoms with Gasteiger partial charge in [-0.25, -0.2) is 0 Å². The summed E-state index contributed by atoms with van der Waals surface area (Å²) in [6.07, 6.45) is 6.93. The molecule has 2 rings (SSSR count). The number of benzene rings is 2. The van der Waals surface area contributed by atoms with Crippen molar-refractivity contribution in [1.29, 1.82) is 0 Å². The highest BCUT2D eigenvalue weighted by Crippen LogP contribution is 2.27. The lowest BCUT2D eigenvalue weighted by Crippen LogP contribution is -2.07. The predicted molar refractivity (Wildman–Crippen MR) is 93.7 cm³/mol. The topological polar surface area (TPSA) is 49.7 Å². The van der Waals surface area contributed by atoms with E-state index in [0.29, 0.717) is 12.2 Å². The zero-order chi connectivity index (χ0) is 16.5. The summed E-state index contributed by atoms with van der Waals surface area (Å²) >= 11 is 0. The van der Waals surface area contributed by atoms with Gasteiger partial charge in [-0.3, -0.25) is 0 Å². The second-order valence-electron chi connectivity index (χ2n) is 5.59. The Morgan fingerprint density at radius 1 is 1.09 bits per heavy atom. The number of phenols is 1. The molecular weight excluding hydrogens is 288 g/mol. The van der Waals surface area contributed by atoms with E-state index in [1.807, 2.05) is 30.3 Å². The van der Waals surface area contributed by atoms with E-state index in [1.165, 1.54) is 12.7 Å². The molecule has 23 heavy (non-hydrogen) atoms. The molecule has 3 heteroatoms. The third-order valence-electron chi connectivity index (χ3n) is 3.79. The summed E-state index contributed by atoms with van der Waals surface area (Å²) in [6, 6.07) is 15.5. The lowest BCUT2D eigenvalue weighted by atomic mass is 10.0. The number of phenolic OH excluding ortho intramolecular Hbond substituents is 1. The van der Waals surface area contributed by atoms with Gasteiger partial charge in [0.05, 0.1) is 13.2 Å². The van der Waals surface area contributed by atoms with Gasteiger partial charge in [-0.2, -0.15) is 0 Å². The summed E-state index contributed by atoms with van der Waals surface area (Å²) in [5.74, 6) is 0.616. The fraction of sp³-hybridized carbons (Fsp3) is 0.300. The Hall–Kier alpha value is -2.26. The van der Waals surface area contributed by atoms with Crippen LogP contribution in [-0.2, 0) is 6.42 Å². The van der Waals surface area contributed by atoms with Crippen LogP contribution in [0.4, 0.5) is 0 Å². The molecule has 0 spiro atoms. The highest BCUT2D eigenvalue weighted by Gasteiger charge is 2.06. The first kappa shape index (κ1) is 17.1. The van der Waals surface area contributed by atoms with Crippen molar-refractivity contribution in [2.45, 2.75) is 31.8 Å². The highest BCUT2D eigenvalue weighted by molar-refractivity contribution is 5.48. The number of aliphatic hydroxyl groups is 1. The first-order chi connectivity index (χ1) is 11.2. The first-order valence-corrected chi connectivity index (χ1v) is 7.94. The molecule has 0 heterocycles. The lowest BCUT2D eigenvalue weighted by molar-refractivity contribution is 0.156. The Morgan fingerprint density at radius 3 is 2.61 bits per heavy atom. The van der Waals surface area contributed by atoms with Crippen molar-refractivity contribution in [3.05, 3.63) is 65.7 Å². The van der Waals surface area contributed by atoms with Gasteiger partial charge in [0.2, 0.25) is 0 Å². The quantitative estimate of drug-likeness (QED) is 0.768. The monoisotopic (exact) mass is 312 g/mol. The van der Waals surface area contributed by atoms with Gasteiger partial charge < -0.3 is 14.9 Å². The van der Waals surface area contributed by atoms with Crippen molar-refractivity contribution in [1.82, 2.24) is 0 Å². The van der Waals surface area contributed by atoms with Crippen LogP contribution in [-0.4, -0.2) is 23.4 Å². The highest BCUT2D eigenvalue weighted by atomic mass is 16.5. The zero-order valence-corrected chi connectivity index (χ0v) is 13.5. The molecule has 0 radical (unpaired) electrons. The Balaban J connectivity index is 1.73. The number of hydrogen-bond acceptors (Lipinski definition) is 3. The van der Waals surface area contributed by atoms with Crippen molar-refractivity contribution in [2.24, 2.45) is 0 Å². The van der Waals surface area contributed by atoms with Gasteiger partial charge >= 0.3 is 0 Å². The molecule has 0 aliphatic carbocycles. The second-order valence-corrected chi connectivity index (χ2v) is 5.59. The van der Waals surface area contributed by atoms with E-state index in [2.05, 4.69) is 24.3 Å². The summed E-state index contributed by atoms with van der Waals surface area (Å²) in [6.45, 7) is 0. The van der Waals surface area contributed by atoms with Gasteiger partial charge in [-0.05, 0) is 48.9 Å². The summed E-state index contributed by atoms with van der Waals surface area (Å²) in [5.41, 5.74) is 2.23. The number of methoxy groups -OCH3 is 1. The molecule has 3 nitrogen and oxygen atoms in total. The number of hydrogen-bond donors (Lipinski definition) is 2. The van der Waals surface area contributed by atoms with E-state index in [1.54, 1.807) is 6.07 Å². The van der Waals surface area contributed by atoms with Crippen LogP contribution < -0.4 is 4.74 Å². The fourth-order valence-electron chi connectivity index (χ4n) is 2.43. The standard InChI is InChI=1S/C20H24O3/c1-23-20-15-17(12-14-19(20)22)11-13-18(21)10-6-5-9-16-7-3-2-4-8-16/h2-5,7-9,12,14-15,18,21-22H,6,10-11,13H2,1H3/b9-5+/t18-/m1/s1. The first-order valence-electron chi connectivity index (χ1n) is 7.94. The van der Waals surface area contributed by atoms with Crippen LogP contribution in [0, 0.1) is 0 Å². The Kier molecular flexibility index (Phi) is 6.70. The normalized spacial score (nSPS) is 12.4. The van der Waals surface area contributed by atoms with Crippen molar-refractivity contribution in [3.63, 3.8) is 0 Å². The van der Waals surface area contributed by atoms with Gasteiger partial charge in [0.1, 0.15) is 0 Å². The SMILES string of the molecule is COc1cc(CC[C@H](O)CC/C=C/c2ccccc2)ccc1O. The largest absolute Gasteiger partial charge is 0.504 e. The molecule has 2 aromatic carbocycles. The van der Waals surface area contributed by atoms with Crippen molar-refractivity contribution in [3.8, 4) is 11.5 Å². The fourth-order valence-corrected chi connectivity index (χ4v) is 2.43. The number of aryl methyl sites for hydroxylation is 1. The molecule has 0 unspecified atom stereocenters. The van der Waals surface area contributed by atoms with E-state index in [-0.39, 0.29) is 11.9 Å². The van der Waals surface area contributed by atoms with Crippen LogP contribution in [0.5, 0.6) is 11.5 Å². The number of ether oxygens (including phenoxy) is 1. The second kappa shape index (κ2) is 9.01. The maximum Gasteiger partial charge on any atom is 0.160 e. The average Bonchev–Trinajstić information content (AvgIpc) is 2.59. The third kappa shape index (κ3) is 5.80. The third-order valence-corrected chi connectivity index (χ3v) is 3.79. The van der Waals surface area contributed by atoms with Crippen molar-refractivity contribution >= 4 is 6.08 Å². The molecular formula is C20H24O3. The maximum absolute atomic E-state index is 10.1. The molecule has 0 fully saturated rings. The van der Waals surface area contributed by atoms with Crippen molar-refractivity contribution < 1.29 is 14.9 Å². The predicted octanol–water partition coefficient (Wildman–Crippen LogP) is 4.19. The van der Waals surface area contributed by atoms with Crippen LogP contribution >= 0.6 is 0 Å². The Morgan fingerprint density at radius 2 is 1.87 bits per heavy atom. The summed E-state index contributed by atoms with van der Waals surface area (Å²) in [5, 5.41) is 19.6. The zero-order valence-electron chi connectivity index (χ0n) is 13.5. The van der Waals surface area contributed by atoms with Crippen molar-refractivity contribution in [2.75, 3.05) is 7.11 Å². The van der Waals surface area contributed by atoms with E-state index in [9.17, 15) is 10.2 Å². The number of aliphatic hydroxyl groups excluding tert-OH is 1. The van der Waals surface area contributed by atoms with Crippen LogP contribution in [0.25, 0.3) is 6.08 Å². The maximum atomic E-state index is 10.1. The molecule has 0 aliphatic rings. The number of aromatic hydroxyl groups is 1. The molecule has 0 aromatic heterocycles. The van der Waals surface area contributed by atoms with Crippen LogP contribution in [0.2, 0.25) is 0 Å². The van der Waals surface area contributed by atoms with Gasteiger partial charge in [0, 0.05) is 0 Å². The molecule has 0 bridgehead atoms. The van der Waals surface area contributed by atoms with Gasteiger partial charge in [0.25, 0.3) is 0 Å². The summed E-state index contributed by atoms with van der Waals surface area (Å²) in [4.78, 5) is 0. The molecule has 1 atom stereocenters. The minimum atomic E-state index is -0.324. The molecule has 0 aliphatic heterocycles. The molecule has 2 aromatic rings. The molecule has 2 N–H and O–H groups in total. The minimum absolute atomic E-state index is 0.142. The summed E-state index contributed by atoms with van der Waals surface area (Å²) in [7, 11) is 1.53. The molecule has 0 saturated heterocycles. The smallest absolute Gasteiger partial charge is 0.160 e. The molecule has 0 saturated carbocycles. The number of allylic oxidation sites excluding steroid dienone is 1. The average molecular weight is 312 g/mol. The van der Waals surface area contributed by atoms with E-state index in [4.69, 9.17) is 4.74 Å². The molecule has 0 amide bonds. The van der Waals surface area contributed by atoms with Gasteiger partial charge in [-0.15, -0.1) is 0 Å². The minimum Gasteiger partial charge on any atom is -0.504 e. The van der Waals surface area contributed by atoms with E-state index < -0.39 is 0 Å². The van der Waals surface area contributed by atoms with Crippen LogP contribution in [0.15, 0.2) is 54.6 Å². The van der Waals surface area contributed by atoms with E-state index in [0.717, 1.165) is 24.8 Å². The van der Waals surface area contributed by atoms with Crippen LogP contribution in [0.1, 0.15) is 30.4 Å². The van der Waals surface area contributed by atoms with E-state index >= 15 is 0 Å².